The van der Waals surface area contributed by atoms with Crippen LogP contribution in [0.15, 0.2) is 0 Å². The molecule has 1 atom stereocenters. The van der Waals surface area contributed by atoms with Gasteiger partial charge in [-0.15, -0.1) is 0 Å². The highest BCUT2D eigenvalue weighted by Gasteiger charge is 2.51. The highest BCUT2D eigenvalue weighted by molar-refractivity contribution is 5.86. The van der Waals surface area contributed by atoms with Crippen LogP contribution in [0, 0.1) is 22.7 Å². The molecule has 16 heavy (non-hydrogen) atoms. The van der Waals surface area contributed by atoms with E-state index in [-0.39, 0.29) is 12.0 Å². The first-order valence-electron chi connectivity index (χ1n) is 5.85. The summed E-state index contributed by atoms with van der Waals surface area (Å²) in [5, 5.41) is 9.18. The third-order valence-electron chi connectivity index (χ3n) is 3.78. The van der Waals surface area contributed by atoms with Crippen LogP contribution in [0.3, 0.4) is 0 Å². The van der Waals surface area contributed by atoms with Crippen molar-refractivity contribution in [3.8, 4) is 6.07 Å². The molecule has 1 amide bonds. The highest BCUT2D eigenvalue weighted by atomic mass is 16.5. The van der Waals surface area contributed by atoms with Crippen LogP contribution in [0.1, 0.15) is 26.2 Å². The van der Waals surface area contributed by atoms with Gasteiger partial charge in [0.25, 0.3) is 0 Å². The third-order valence-corrected chi connectivity index (χ3v) is 3.78. The molecule has 0 aromatic heterocycles. The van der Waals surface area contributed by atoms with Gasteiger partial charge in [-0.1, -0.05) is 6.92 Å². The van der Waals surface area contributed by atoms with Gasteiger partial charge in [-0.2, -0.15) is 5.26 Å². The molecule has 1 saturated heterocycles. The number of nitrogens with zero attached hydrogens (tertiary/aromatic N) is 2. The molecule has 4 heteroatoms. The fourth-order valence-corrected chi connectivity index (χ4v) is 2.85. The summed E-state index contributed by atoms with van der Waals surface area (Å²) in [6.07, 6.45) is 2.48. The predicted molar refractivity (Wildman–Crippen MR) is 58.4 cm³/mol. The Kier molecular flexibility index (Phi) is 2.90. The van der Waals surface area contributed by atoms with E-state index in [2.05, 4.69) is 13.0 Å². The molecule has 0 aromatic rings. The first-order valence-corrected chi connectivity index (χ1v) is 5.85. The molecule has 2 rings (SSSR count). The Morgan fingerprint density at radius 2 is 2.25 bits per heavy atom. The summed E-state index contributed by atoms with van der Waals surface area (Å²) >= 11 is 0. The molecule has 0 bridgehead atoms. The molecule has 1 unspecified atom stereocenters. The lowest BCUT2D eigenvalue weighted by Gasteiger charge is -2.41. The number of rotatable bonds is 2. The van der Waals surface area contributed by atoms with Gasteiger partial charge in [0, 0.05) is 20.2 Å². The van der Waals surface area contributed by atoms with Crippen molar-refractivity contribution in [2.75, 3.05) is 20.2 Å². The van der Waals surface area contributed by atoms with Crippen LogP contribution in [0.4, 0.5) is 0 Å². The van der Waals surface area contributed by atoms with Crippen molar-refractivity contribution in [3.63, 3.8) is 0 Å². The Balaban J connectivity index is 2.01. The van der Waals surface area contributed by atoms with Gasteiger partial charge in [0.1, 0.15) is 5.41 Å². The molecule has 0 aromatic carbocycles. The van der Waals surface area contributed by atoms with Gasteiger partial charge in [0.05, 0.1) is 12.2 Å². The number of carbonyl (C=O) groups excluding carboxylic acids is 1. The first-order chi connectivity index (χ1) is 7.61. The Morgan fingerprint density at radius 1 is 1.56 bits per heavy atom. The van der Waals surface area contributed by atoms with E-state index in [1.807, 2.05) is 0 Å². The van der Waals surface area contributed by atoms with Crippen LogP contribution in [0.5, 0.6) is 0 Å². The number of nitriles is 1. The topological polar surface area (TPSA) is 53.3 Å². The number of amides is 1. The van der Waals surface area contributed by atoms with Crippen LogP contribution in [-0.4, -0.2) is 37.1 Å². The van der Waals surface area contributed by atoms with Gasteiger partial charge in [0.15, 0.2) is 0 Å². The summed E-state index contributed by atoms with van der Waals surface area (Å²) in [7, 11) is 1.67. The van der Waals surface area contributed by atoms with Crippen molar-refractivity contribution < 1.29 is 9.53 Å². The van der Waals surface area contributed by atoms with Crippen LogP contribution < -0.4 is 0 Å². The molecule has 1 heterocycles. The van der Waals surface area contributed by atoms with Gasteiger partial charge in [0.2, 0.25) is 5.91 Å². The van der Waals surface area contributed by atoms with Crippen molar-refractivity contribution in [1.82, 2.24) is 4.90 Å². The molecule has 88 valence electrons. The summed E-state index contributed by atoms with van der Waals surface area (Å²) in [6, 6.07) is 2.22. The smallest absolute Gasteiger partial charge is 0.243 e. The van der Waals surface area contributed by atoms with Gasteiger partial charge in [-0.25, -0.2) is 0 Å². The molecule has 4 nitrogen and oxygen atoms in total. The van der Waals surface area contributed by atoms with Crippen molar-refractivity contribution in [2.45, 2.75) is 32.3 Å². The molecule has 1 aliphatic heterocycles. The maximum atomic E-state index is 12.2. The van der Waals surface area contributed by atoms with Crippen LogP contribution in [0.2, 0.25) is 0 Å². The van der Waals surface area contributed by atoms with Crippen molar-refractivity contribution in [3.05, 3.63) is 0 Å². The molecule has 0 spiro atoms. The average Bonchev–Trinajstić information content (AvgIpc) is 2.72. The van der Waals surface area contributed by atoms with E-state index in [4.69, 9.17) is 4.74 Å². The zero-order valence-corrected chi connectivity index (χ0v) is 9.90. The second-order valence-corrected chi connectivity index (χ2v) is 5.10. The standard InChI is InChI=1S/C12H18N2O2/c1-9-5-12(6-9,8-13)11(15)14-4-3-10(7-14)16-2/h9-10H,3-7H2,1-2H3. The molecule has 0 radical (unpaired) electrons. The summed E-state index contributed by atoms with van der Waals surface area (Å²) in [5.41, 5.74) is -0.720. The SMILES string of the molecule is COC1CCN(C(=O)C2(C#N)CC(C)C2)C1. The molecule has 2 fully saturated rings. The number of hydrogen-bond acceptors (Lipinski definition) is 3. The van der Waals surface area contributed by atoms with Crippen molar-refractivity contribution in [1.29, 1.82) is 5.26 Å². The Bertz CT molecular complexity index is 328. The normalized spacial score (nSPS) is 37.9. The number of hydrogen-bond donors (Lipinski definition) is 0. The minimum atomic E-state index is -0.720. The number of ether oxygens (including phenoxy) is 1. The van der Waals surface area contributed by atoms with E-state index in [0.717, 1.165) is 25.8 Å². The second-order valence-electron chi connectivity index (χ2n) is 5.10. The predicted octanol–water partition coefficient (Wildman–Crippen LogP) is 1.17. The largest absolute Gasteiger partial charge is 0.380 e. The maximum absolute atomic E-state index is 12.2. The molecular formula is C12H18N2O2. The highest BCUT2D eigenvalue weighted by Crippen LogP contribution is 2.46. The van der Waals surface area contributed by atoms with Crippen LogP contribution in [0.25, 0.3) is 0 Å². The summed E-state index contributed by atoms with van der Waals surface area (Å²) in [4.78, 5) is 14.0. The van der Waals surface area contributed by atoms with E-state index < -0.39 is 5.41 Å². The monoisotopic (exact) mass is 222 g/mol. The van der Waals surface area contributed by atoms with Gasteiger partial charge in [-0.3, -0.25) is 4.79 Å². The van der Waals surface area contributed by atoms with Gasteiger partial charge < -0.3 is 9.64 Å². The lowest BCUT2D eigenvalue weighted by Crippen LogP contribution is -2.49. The van der Waals surface area contributed by atoms with E-state index in [1.54, 1.807) is 12.0 Å². The molecule has 1 saturated carbocycles. The van der Waals surface area contributed by atoms with Gasteiger partial charge >= 0.3 is 0 Å². The minimum absolute atomic E-state index is 0.0210. The van der Waals surface area contributed by atoms with E-state index in [0.29, 0.717) is 12.5 Å². The molecule has 2 aliphatic rings. The number of methoxy groups -OCH3 is 1. The third kappa shape index (κ3) is 1.69. The lowest BCUT2D eigenvalue weighted by molar-refractivity contribution is -0.144. The molecule has 0 N–H and O–H groups in total. The van der Waals surface area contributed by atoms with Crippen molar-refractivity contribution >= 4 is 5.91 Å². The zero-order chi connectivity index (χ0) is 11.8. The van der Waals surface area contributed by atoms with E-state index >= 15 is 0 Å². The number of likely N-dealkylation sites (tertiary alicyclic amines) is 1. The van der Waals surface area contributed by atoms with Crippen molar-refractivity contribution in [2.24, 2.45) is 11.3 Å². The summed E-state index contributed by atoms with van der Waals surface area (Å²) < 4.78 is 5.23. The average molecular weight is 222 g/mol. The summed E-state index contributed by atoms with van der Waals surface area (Å²) in [6.45, 7) is 3.47. The Morgan fingerprint density at radius 3 is 2.69 bits per heavy atom. The quantitative estimate of drug-likeness (QED) is 0.704. The Hall–Kier alpha value is -1.08. The molecule has 1 aliphatic carbocycles. The maximum Gasteiger partial charge on any atom is 0.243 e. The van der Waals surface area contributed by atoms with E-state index in [9.17, 15) is 10.1 Å². The fourth-order valence-electron chi connectivity index (χ4n) is 2.85. The van der Waals surface area contributed by atoms with Crippen LogP contribution >= 0.6 is 0 Å². The molecular weight excluding hydrogens is 204 g/mol. The Labute approximate surface area is 96.2 Å². The zero-order valence-electron chi connectivity index (χ0n) is 9.90. The van der Waals surface area contributed by atoms with E-state index in [1.165, 1.54) is 0 Å². The number of carbonyl (C=O) groups is 1. The van der Waals surface area contributed by atoms with Gasteiger partial charge in [-0.05, 0) is 25.2 Å². The first kappa shape index (κ1) is 11.4. The fraction of sp³-hybridized carbons (Fsp3) is 0.833. The lowest BCUT2D eigenvalue weighted by atomic mass is 9.63. The second kappa shape index (κ2) is 4.06. The summed E-state index contributed by atoms with van der Waals surface area (Å²) in [5.74, 6) is 0.525. The minimum Gasteiger partial charge on any atom is -0.380 e. The van der Waals surface area contributed by atoms with Crippen LogP contribution in [-0.2, 0) is 9.53 Å².